The maximum absolute atomic E-state index is 13.3. The van der Waals surface area contributed by atoms with Crippen LogP contribution >= 0.6 is 0 Å². The topological polar surface area (TPSA) is 401 Å². The van der Waals surface area contributed by atoms with E-state index in [9.17, 15) is 52.7 Å². The summed E-state index contributed by atoms with van der Waals surface area (Å²) in [6.45, 7) is 6.56. The lowest BCUT2D eigenvalue weighted by molar-refractivity contribution is -0.137. The second-order valence-corrected chi connectivity index (χ2v) is 25.9. The number of nitrogens with one attached hydrogen (secondary N) is 2. The van der Waals surface area contributed by atoms with E-state index >= 15 is 0 Å². The minimum atomic E-state index is -1.04. The molecule has 2 fully saturated rings. The number of ether oxygens (including phenoxy) is 8. The van der Waals surface area contributed by atoms with Gasteiger partial charge >= 0.3 is 0 Å². The van der Waals surface area contributed by atoms with Gasteiger partial charge in [0.2, 0.25) is 23.6 Å². The molecular weight excluding hydrogens is 1440 g/mol. The van der Waals surface area contributed by atoms with Crippen LogP contribution in [0.4, 0.5) is 0 Å². The highest BCUT2D eigenvalue weighted by molar-refractivity contribution is 6.25. The number of aldehydes is 1. The standard InChI is InChI=1S/C39H44N6O9.C20H26N4O6.C18H16N2O4.CH2O2/c1-42(15-16-53-17-18-54-31-8-6-7-26-35(31)39(50)45(38(26)49)30-9-10-34(46)41-36(30)47)13-14-43(2)22-29-32(51-4)19-24(20-33(29)52-5)28-23-44(3)37(48)27-21-40-12-11-25(27)28;1-23(8-7-21)9-10-29-11-12-30-15-4-2-3-13-17(15)20(28)24(19(13)27)14-5-6-16(25)22-18(14)26;1-20-9-14(12-4-5-19-8-13(12)18(20)22)11-6-16(23-2)15(10-21)17(7-11)24-3;2-1-3/h6-8,11-12,19-21,23,30H,9-10,13-18,22H2,1-5H3,(H,41,46,47);2-4,14H,5-12,21H2,1H3,(H,22,25,26);4-10H,1-3H3;1H,(H,2,3). The van der Waals surface area contributed by atoms with Crippen LogP contribution in [-0.2, 0) is 54.1 Å². The quantitative estimate of drug-likeness (QED) is 0.0281. The lowest BCUT2D eigenvalue weighted by atomic mass is 9.99. The average Bonchev–Trinajstić information content (AvgIpc) is 1.64. The van der Waals surface area contributed by atoms with Crippen LogP contribution in [0, 0.1) is 0 Å². The molecule has 2 unspecified atom stereocenters. The summed E-state index contributed by atoms with van der Waals surface area (Å²) in [4.78, 5) is 161. The number of aryl methyl sites for hydroxylation is 2. The molecule has 8 heterocycles. The molecule has 8 amide bonds. The van der Waals surface area contributed by atoms with Crippen molar-refractivity contribution in [2.45, 2.75) is 44.3 Å². The Bertz CT molecular complexity index is 4900. The predicted octanol–water partition coefficient (Wildman–Crippen LogP) is 3.98. The van der Waals surface area contributed by atoms with Crippen molar-refractivity contribution >= 4 is 81.6 Å². The molecule has 4 aliphatic rings. The van der Waals surface area contributed by atoms with E-state index in [1.807, 2.05) is 45.5 Å². The molecule has 0 bridgehead atoms. The number of imide groups is 4. The Kier molecular flexibility index (Phi) is 29.0. The molecule has 0 aliphatic carbocycles. The van der Waals surface area contributed by atoms with Crippen LogP contribution in [0.1, 0.15) is 83.0 Å². The highest BCUT2D eigenvalue weighted by Gasteiger charge is 2.48. The minimum Gasteiger partial charge on any atom is -0.496 e. The summed E-state index contributed by atoms with van der Waals surface area (Å²) in [5.74, 6) is -1.80. The van der Waals surface area contributed by atoms with E-state index in [4.69, 9.17) is 53.5 Å². The molecule has 4 aromatic heterocycles. The number of nitrogens with zero attached hydrogens (tertiary/aromatic N) is 9. The number of aromatic nitrogens is 4. The third kappa shape index (κ3) is 19.3. The number of fused-ring (bicyclic) bond motifs is 4. The molecular formula is C78H88N12O21. The van der Waals surface area contributed by atoms with Crippen LogP contribution in [-0.4, -0.2) is 249 Å². The number of carbonyl (C=O) groups is 10. The van der Waals surface area contributed by atoms with Gasteiger partial charge in [0.25, 0.3) is 41.2 Å². The van der Waals surface area contributed by atoms with Gasteiger partial charge in [-0.2, -0.15) is 0 Å². The number of likely N-dealkylation sites (N-methyl/N-ethyl adjacent to an activating group) is 3. The summed E-state index contributed by atoms with van der Waals surface area (Å²) in [5, 5.41) is 13.9. The average molecular weight is 1530 g/mol. The summed E-state index contributed by atoms with van der Waals surface area (Å²) >= 11 is 0. The number of hydrogen-bond donors (Lipinski definition) is 4. The largest absolute Gasteiger partial charge is 0.496 e. The number of piperidine rings is 2. The fourth-order valence-electron chi connectivity index (χ4n) is 13.0. The SMILES string of the molecule is CN(CCN)CCOCCOc1cccc2c1C(=O)N(C1CCC(=O)NC1=O)C2=O.COc1cc(-c2cn(C)c(=O)c3cnccc23)cc(OC)c1C=O.COc1cc(-c2cn(C)c(=O)c3cnccc23)cc(OC)c1CN(C)CCN(C)CCOCCOc1cccc2c1C(=O)N(C1CCC(=O)NC1=O)C2=O.O=CO. The Morgan fingerprint density at radius 1 is 0.505 bits per heavy atom. The number of methoxy groups -OCH3 is 4. The summed E-state index contributed by atoms with van der Waals surface area (Å²) in [5.41, 5.74) is 10.4. The lowest BCUT2D eigenvalue weighted by Gasteiger charge is -2.27. The molecule has 5 N–H and O–H groups in total. The number of hydrogen-bond acceptors (Lipinski definition) is 26. The number of pyridine rings is 4. The van der Waals surface area contributed by atoms with E-state index in [0.29, 0.717) is 85.1 Å². The molecule has 8 aromatic rings. The maximum atomic E-state index is 13.3. The second-order valence-electron chi connectivity index (χ2n) is 25.9. The van der Waals surface area contributed by atoms with E-state index in [2.05, 4.69) is 35.3 Å². The van der Waals surface area contributed by atoms with Gasteiger partial charge in [-0.05, 0) is 117 Å². The lowest BCUT2D eigenvalue weighted by Crippen LogP contribution is -2.54. The first-order chi connectivity index (χ1) is 53.5. The molecule has 33 heteroatoms. The van der Waals surface area contributed by atoms with Crippen LogP contribution in [0.5, 0.6) is 34.5 Å². The van der Waals surface area contributed by atoms with Gasteiger partial charge in [-0.1, -0.05) is 12.1 Å². The molecule has 4 aliphatic heterocycles. The maximum Gasteiger partial charge on any atom is 0.290 e. The Hall–Kier alpha value is -12.1. The van der Waals surface area contributed by atoms with Crippen LogP contribution in [0.25, 0.3) is 43.8 Å². The highest BCUT2D eigenvalue weighted by Crippen LogP contribution is 2.40. The Morgan fingerprint density at radius 2 is 0.910 bits per heavy atom. The summed E-state index contributed by atoms with van der Waals surface area (Å²) in [6.07, 6.45) is 11.0. The van der Waals surface area contributed by atoms with Gasteiger partial charge in [0, 0.05) is 121 Å². The fourth-order valence-corrected chi connectivity index (χ4v) is 13.0. The molecule has 0 radical (unpaired) electrons. The molecule has 2 atom stereocenters. The number of benzene rings is 4. The van der Waals surface area contributed by atoms with Crippen molar-refractivity contribution < 1.29 is 90.9 Å². The predicted molar refractivity (Wildman–Crippen MR) is 404 cm³/mol. The van der Waals surface area contributed by atoms with Crippen molar-refractivity contribution in [3.05, 3.63) is 164 Å². The van der Waals surface area contributed by atoms with Gasteiger partial charge < -0.3 is 72.6 Å². The number of carbonyl (C=O) groups excluding carboxylic acids is 9. The van der Waals surface area contributed by atoms with E-state index in [1.165, 1.54) is 30.9 Å². The van der Waals surface area contributed by atoms with Crippen LogP contribution in [0.15, 0.2) is 120 Å². The minimum absolute atomic E-state index is 0.0493. The summed E-state index contributed by atoms with van der Waals surface area (Å²) in [7, 11) is 15.7. The van der Waals surface area contributed by atoms with Crippen molar-refractivity contribution in [1.82, 2.24) is 54.2 Å². The van der Waals surface area contributed by atoms with Crippen molar-refractivity contribution in [3.63, 3.8) is 0 Å². The Balaban J connectivity index is 0.000000208. The van der Waals surface area contributed by atoms with Gasteiger partial charge in [0.05, 0.1) is 99.0 Å². The van der Waals surface area contributed by atoms with Gasteiger partial charge in [-0.15, -0.1) is 0 Å². The molecule has 111 heavy (non-hydrogen) atoms. The molecule has 0 saturated carbocycles. The van der Waals surface area contributed by atoms with Crippen LogP contribution in [0.2, 0.25) is 0 Å². The monoisotopic (exact) mass is 1530 g/mol. The van der Waals surface area contributed by atoms with Crippen LogP contribution in [0.3, 0.4) is 0 Å². The van der Waals surface area contributed by atoms with Crippen molar-refractivity contribution in [3.8, 4) is 56.8 Å². The summed E-state index contributed by atoms with van der Waals surface area (Å²) < 4.78 is 48.2. The van der Waals surface area contributed by atoms with Gasteiger partial charge in [0.1, 0.15) is 59.8 Å². The molecule has 33 nitrogen and oxygen atoms in total. The molecule has 0 spiro atoms. The van der Waals surface area contributed by atoms with E-state index in [1.54, 1.807) is 106 Å². The van der Waals surface area contributed by atoms with E-state index in [0.717, 1.165) is 74.6 Å². The third-order valence-electron chi connectivity index (χ3n) is 18.7. The Labute approximate surface area is 637 Å². The number of rotatable bonds is 30. The first-order valence-electron chi connectivity index (χ1n) is 35.2. The molecule has 12 rings (SSSR count). The second kappa shape index (κ2) is 38.8. The zero-order chi connectivity index (χ0) is 80.2. The zero-order valence-corrected chi connectivity index (χ0v) is 62.9. The van der Waals surface area contributed by atoms with E-state index in [-0.39, 0.29) is 96.8 Å². The fraction of sp³-hybridized carbons (Fsp3) is 0.359. The Morgan fingerprint density at radius 3 is 1.31 bits per heavy atom. The molecule has 2 saturated heterocycles. The molecule has 4 aromatic carbocycles. The number of nitrogens with two attached hydrogens (primary N) is 1. The zero-order valence-electron chi connectivity index (χ0n) is 62.9. The third-order valence-corrected chi connectivity index (χ3v) is 18.7. The van der Waals surface area contributed by atoms with Crippen LogP contribution < -0.4 is 55.9 Å². The number of carboxylic acid groups (broad SMARTS) is 1. The van der Waals surface area contributed by atoms with E-state index < -0.39 is 59.3 Å². The summed E-state index contributed by atoms with van der Waals surface area (Å²) in [6, 6.07) is 18.5. The normalized spacial score (nSPS) is 15.1. The molecule has 586 valence electrons. The number of amides is 8. The van der Waals surface area contributed by atoms with Crippen molar-refractivity contribution in [1.29, 1.82) is 0 Å². The first kappa shape index (κ1) is 82.9. The highest BCUT2D eigenvalue weighted by atomic mass is 16.5. The van der Waals surface area contributed by atoms with Crippen molar-refractivity contribution in [2.24, 2.45) is 19.8 Å². The van der Waals surface area contributed by atoms with Gasteiger partial charge in [0.15, 0.2) is 6.29 Å². The van der Waals surface area contributed by atoms with Crippen molar-refractivity contribution in [2.75, 3.05) is 128 Å². The smallest absolute Gasteiger partial charge is 0.290 e. The van der Waals surface area contributed by atoms with Gasteiger partial charge in [-0.3, -0.25) is 87.9 Å². The first-order valence-corrected chi connectivity index (χ1v) is 35.2. The van der Waals surface area contributed by atoms with Gasteiger partial charge in [-0.25, -0.2) is 0 Å².